The van der Waals surface area contributed by atoms with Crippen molar-refractivity contribution in [3.63, 3.8) is 0 Å². The van der Waals surface area contributed by atoms with Gasteiger partial charge in [-0.1, -0.05) is 18.2 Å². The number of aromatic nitrogens is 2. The van der Waals surface area contributed by atoms with Crippen LogP contribution in [0.5, 0.6) is 11.5 Å². The van der Waals surface area contributed by atoms with Crippen LogP contribution in [0.3, 0.4) is 0 Å². The van der Waals surface area contributed by atoms with E-state index in [9.17, 15) is 10.2 Å². The van der Waals surface area contributed by atoms with Crippen LogP contribution in [0.15, 0.2) is 60.9 Å². The Kier molecular flexibility index (Phi) is 2.79. The maximum atomic E-state index is 10.4. The minimum atomic E-state index is -0.313. The Labute approximate surface area is 143 Å². The molecule has 0 radical (unpaired) electrons. The molecule has 3 heterocycles. The van der Waals surface area contributed by atoms with Crippen LogP contribution >= 0.6 is 0 Å². The second-order valence-electron chi connectivity index (χ2n) is 6.19. The zero-order chi connectivity index (χ0) is 17.0. The summed E-state index contributed by atoms with van der Waals surface area (Å²) in [6.07, 6.45) is 3.70. The molecule has 1 aliphatic heterocycles. The molecule has 5 nitrogen and oxygen atoms in total. The number of phenolic OH excluding ortho intramolecular Hbond substituents is 2. The number of nitrogens with zero attached hydrogens (tertiary/aromatic N) is 1. The van der Waals surface area contributed by atoms with E-state index in [1.165, 1.54) is 12.1 Å². The number of para-hydroxylation sites is 1. The van der Waals surface area contributed by atoms with Gasteiger partial charge >= 0.3 is 0 Å². The fraction of sp³-hybridized carbons (Fsp3) is 0.0500. The van der Waals surface area contributed by atoms with Crippen LogP contribution in [-0.4, -0.2) is 20.2 Å². The number of fused-ring (bicyclic) bond motifs is 2. The fourth-order valence-electron chi connectivity index (χ4n) is 3.63. The van der Waals surface area contributed by atoms with E-state index in [0.29, 0.717) is 5.56 Å². The zero-order valence-corrected chi connectivity index (χ0v) is 13.2. The Bertz CT molecular complexity index is 1120. The molecule has 0 bridgehead atoms. The van der Waals surface area contributed by atoms with E-state index in [2.05, 4.69) is 21.4 Å². The van der Waals surface area contributed by atoms with Crippen LogP contribution in [0.1, 0.15) is 17.2 Å². The molecule has 122 valence electrons. The fourth-order valence-corrected chi connectivity index (χ4v) is 3.63. The Balaban J connectivity index is 1.86. The van der Waals surface area contributed by atoms with Crippen molar-refractivity contribution in [2.75, 3.05) is 5.32 Å². The summed E-state index contributed by atoms with van der Waals surface area (Å²) in [5.74, 6) is 0.250. The van der Waals surface area contributed by atoms with Gasteiger partial charge in [-0.2, -0.15) is 0 Å². The van der Waals surface area contributed by atoms with Crippen LogP contribution in [0.4, 0.5) is 5.69 Å². The van der Waals surface area contributed by atoms with Crippen molar-refractivity contribution in [2.45, 2.75) is 6.04 Å². The molecule has 0 aliphatic carbocycles. The van der Waals surface area contributed by atoms with Gasteiger partial charge in [0.2, 0.25) is 0 Å². The number of hydrogen-bond acceptors (Lipinski definition) is 4. The van der Waals surface area contributed by atoms with Crippen molar-refractivity contribution in [2.24, 2.45) is 0 Å². The number of phenols is 2. The highest BCUT2D eigenvalue weighted by Crippen LogP contribution is 2.45. The molecule has 0 saturated heterocycles. The monoisotopic (exact) mass is 329 g/mol. The van der Waals surface area contributed by atoms with Crippen molar-refractivity contribution in [1.82, 2.24) is 9.97 Å². The summed E-state index contributed by atoms with van der Waals surface area (Å²) in [6.45, 7) is 0. The second kappa shape index (κ2) is 5.01. The first-order valence-electron chi connectivity index (χ1n) is 8.06. The van der Waals surface area contributed by atoms with Crippen molar-refractivity contribution < 1.29 is 10.2 Å². The molecule has 0 fully saturated rings. The number of rotatable bonds is 1. The first kappa shape index (κ1) is 13.9. The van der Waals surface area contributed by atoms with Crippen LogP contribution in [0, 0.1) is 0 Å². The van der Waals surface area contributed by atoms with Crippen LogP contribution < -0.4 is 5.32 Å². The third kappa shape index (κ3) is 1.99. The van der Waals surface area contributed by atoms with Gasteiger partial charge in [0.25, 0.3) is 0 Å². The summed E-state index contributed by atoms with van der Waals surface area (Å²) in [4.78, 5) is 7.65. The van der Waals surface area contributed by atoms with Gasteiger partial charge in [0.1, 0.15) is 17.1 Å². The summed E-state index contributed by atoms with van der Waals surface area (Å²) in [7, 11) is 0. The molecular formula is C20H15N3O2. The van der Waals surface area contributed by atoms with Crippen LogP contribution in [0.25, 0.3) is 22.2 Å². The molecule has 4 N–H and O–H groups in total. The smallest absolute Gasteiger partial charge is 0.138 e. The lowest BCUT2D eigenvalue weighted by molar-refractivity contribution is 0.453. The summed E-state index contributed by atoms with van der Waals surface area (Å²) in [5.41, 5.74) is 5.54. The molecule has 0 spiro atoms. The maximum Gasteiger partial charge on any atom is 0.138 e. The summed E-state index contributed by atoms with van der Waals surface area (Å²) >= 11 is 0. The molecule has 2 aromatic carbocycles. The van der Waals surface area contributed by atoms with Crippen molar-refractivity contribution in [1.29, 1.82) is 0 Å². The lowest BCUT2D eigenvalue weighted by Gasteiger charge is -2.20. The average Bonchev–Trinajstić information content (AvgIpc) is 3.00. The highest BCUT2D eigenvalue weighted by molar-refractivity contribution is 6.01. The molecule has 0 saturated carbocycles. The summed E-state index contributed by atoms with van der Waals surface area (Å²) in [6, 6.07) is 14.3. The highest BCUT2D eigenvalue weighted by Gasteiger charge is 2.27. The number of aromatic hydroxyl groups is 2. The van der Waals surface area contributed by atoms with Gasteiger partial charge in [0.05, 0.1) is 6.04 Å². The predicted molar refractivity (Wildman–Crippen MR) is 96.8 cm³/mol. The number of nitrogens with one attached hydrogen (secondary N) is 2. The molecule has 5 heteroatoms. The number of H-pyrrole nitrogens is 1. The maximum absolute atomic E-state index is 10.4. The molecule has 2 aromatic heterocycles. The van der Waals surface area contributed by atoms with Gasteiger partial charge in [0.15, 0.2) is 0 Å². The third-order valence-electron chi connectivity index (χ3n) is 4.75. The van der Waals surface area contributed by atoms with E-state index in [4.69, 9.17) is 0 Å². The number of hydrogen-bond donors (Lipinski definition) is 4. The zero-order valence-electron chi connectivity index (χ0n) is 13.2. The second-order valence-corrected chi connectivity index (χ2v) is 6.19. The largest absolute Gasteiger partial charge is 0.508 e. The molecule has 1 aliphatic rings. The van der Waals surface area contributed by atoms with Gasteiger partial charge in [-0.25, -0.2) is 4.98 Å². The number of pyridine rings is 1. The predicted octanol–water partition coefficient (Wildman–Crippen LogP) is 4.16. The minimum Gasteiger partial charge on any atom is -0.508 e. The van der Waals surface area contributed by atoms with Gasteiger partial charge in [-0.15, -0.1) is 0 Å². The topological polar surface area (TPSA) is 81.2 Å². The lowest BCUT2D eigenvalue weighted by atomic mass is 9.96. The van der Waals surface area contributed by atoms with E-state index in [1.807, 2.05) is 30.5 Å². The standard InChI is InChI=1S/C20H15N3O2/c24-11-5-6-17(25)14(9-11)19-15-10-22-20-18(15)13(7-8-21-20)12-3-1-2-4-16(12)23-19/h1-10,19,23-25H,(H,21,22). The lowest BCUT2D eigenvalue weighted by Crippen LogP contribution is -2.11. The molecule has 1 unspecified atom stereocenters. The third-order valence-corrected chi connectivity index (χ3v) is 4.75. The van der Waals surface area contributed by atoms with Gasteiger partial charge < -0.3 is 20.5 Å². The number of aromatic amines is 1. The van der Waals surface area contributed by atoms with Gasteiger partial charge in [-0.05, 0) is 35.9 Å². The SMILES string of the molecule is Oc1ccc(O)c(C2Nc3ccccc3-c3ccnc4[nH]cc2c34)c1. The number of benzene rings is 2. The van der Waals surface area contributed by atoms with E-state index in [0.717, 1.165) is 33.4 Å². The van der Waals surface area contributed by atoms with E-state index >= 15 is 0 Å². The van der Waals surface area contributed by atoms with Crippen LogP contribution in [0.2, 0.25) is 0 Å². The molecule has 25 heavy (non-hydrogen) atoms. The molecule has 0 amide bonds. The average molecular weight is 329 g/mol. The molecular weight excluding hydrogens is 314 g/mol. The van der Waals surface area contributed by atoms with Crippen molar-refractivity contribution >= 4 is 16.7 Å². The van der Waals surface area contributed by atoms with E-state index in [1.54, 1.807) is 12.3 Å². The minimum absolute atomic E-state index is 0.116. The Morgan fingerprint density at radius 2 is 1.80 bits per heavy atom. The van der Waals surface area contributed by atoms with E-state index < -0.39 is 0 Å². The molecule has 5 rings (SSSR count). The Morgan fingerprint density at radius 3 is 2.72 bits per heavy atom. The van der Waals surface area contributed by atoms with Gasteiger partial charge in [0, 0.05) is 40.2 Å². The first-order valence-corrected chi connectivity index (χ1v) is 8.06. The van der Waals surface area contributed by atoms with Crippen LogP contribution in [-0.2, 0) is 0 Å². The quantitative estimate of drug-likeness (QED) is 0.395. The summed E-state index contributed by atoms with van der Waals surface area (Å²) < 4.78 is 0. The van der Waals surface area contributed by atoms with Crippen molar-refractivity contribution in [3.05, 3.63) is 72.1 Å². The first-order chi connectivity index (χ1) is 12.2. The Hall–Kier alpha value is -3.47. The summed E-state index contributed by atoms with van der Waals surface area (Å²) in [5, 5.41) is 24.8. The number of anilines is 1. The molecule has 1 atom stereocenters. The molecule has 4 aromatic rings. The van der Waals surface area contributed by atoms with E-state index in [-0.39, 0.29) is 17.5 Å². The normalized spacial score (nSPS) is 15.4. The Morgan fingerprint density at radius 1 is 0.920 bits per heavy atom. The van der Waals surface area contributed by atoms with Crippen molar-refractivity contribution in [3.8, 4) is 22.6 Å². The highest BCUT2D eigenvalue weighted by atomic mass is 16.3. The van der Waals surface area contributed by atoms with Gasteiger partial charge in [-0.3, -0.25) is 0 Å².